The average molecular weight is 327 g/mol. The molecule has 0 saturated carbocycles. The summed E-state index contributed by atoms with van der Waals surface area (Å²) in [6, 6.07) is 5.36. The van der Waals surface area contributed by atoms with Crippen molar-refractivity contribution < 1.29 is 18.3 Å². The fourth-order valence-electron chi connectivity index (χ4n) is 1.80. The highest BCUT2D eigenvalue weighted by atomic mass is 35.5. The normalized spacial score (nSPS) is 10.2. The van der Waals surface area contributed by atoms with E-state index in [2.05, 4.69) is 10.6 Å². The molecule has 0 unspecified atom stereocenters. The summed E-state index contributed by atoms with van der Waals surface area (Å²) in [6.07, 6.45) is 0. The van der Waals surface area contributed by atoms with Gasteiger partial charge in [0.2, 0.25) is 0 Å². The van der Waals surface area contributed by atoms with Crippen molar-refractivity contribution >= 4 is 29.0 Å². The molecule has 0 aliphatic rings. The molecule has 0 aromatic heterocycles. The zero-order valence-electron chi connectivity index (χ0n) is 11.8. The number of hydrogen-bond donors (Lipinski definition) is 2. The Morgan fingerprint density at radius 1 is 1.14 bits per heavy atom. The fraction of sp³-hybridized carbons (Fsp3) is 0.133. The summed E-state index contributed by atoms with van der Waals surface area (Å²) in [5.41, 5.74) is 0.985. The van der Waals surface area contributed by atoms with E-state index in [1.807, 2.05) is 0 Å². The molecule has 7 heteroatoms. The molecule has 22 heavy (non-hydrogen) atoms. The zero-order valence-corrected chi connectivity index (χ0v) is 12.6. The molecule has 0 saturated heterocycles. The van der Waals surface area contributed by atoms with Gasteiger partial charge in [-0.25, -0.2) is 13.6 Å². The number of amides is 2. The number of anilines is 2. The van der Waals surface area contributed by atoms with Crippen LogP contribution in [0.3, 0.4) is 0 Å². The summed E-state index contributed by atoms with van der Waals surface area (Å²) < 4.78 is 31.4. The van der Waals surface area contributed by atoms with E-state index in [1.54, 1.807) is 19.1 Å². The van der Waals surface area contributed by atoms with Gasteiger partial charge in [-0.05, 0) is 30.7 Å². The predicted octanol–water partition coefficient (Wildman–Crippen LogP) is 4.58. The Morgan fingerprint density at radius 3 is 2.45 bits per heavy atom. The highest BCUT2D eigenvalue weighted by Gasteiger charge is 2.12. The zero-order chi connectivity index (χ0) is 16.3. The molecule has 116 valence electrons. The van der Waals surface area contributed by atoms with E-state index in [-0.39, 0.29) is 5.69 Å². The van der Waals surface area contributed by atoms with Gasteiger partial charge in [-0.2, -0.15) is 0 Å². The highest BCUT2D eigenvalue weighted by molar-refractivity contribution is 6.31. The third kappa shape index (κ3) is 3.65. The van der Waals surface area contributed by atoms with Crippen LogP contribution < -0.4 is 15.4 Å². The molecular formula is C15H13ClF2N2O2. The van der Waals surface area contributed by atoms with Crippen molar-refractivity contribution in [1.29, 1.82) is 0 Å². The Balaban J connectivity index is 2.17. The van der Waals surface area contributed by atoms with Crippen LogP contribution in [-0.4, -0.2) is 13.1 Å². The summed E-state index contributed by atoms with van der Waals surface area (Å²) in [6.45, 7) is 1.77. The summed E-state index contributed by atoms with van der Waals surface area (Å²) >= 11 is 5.97. The number of benzene rings is 2. The van der Waals surface area contributed by atoms with Crippen molar-refractivity contribution in [2.75, 3.05) is 17.7 Å². The molecule has 0 aliphatic carbocycles. The Bertz CT molecular complexity index is 723. The average Bonchev–Trinajstić information content (AvgIpc) is 2.45. The van der Waals surface area contributed by atoms with Crippen LogP contribution in [0.4, 0.5) is 25.0 Å². The SMILES string of the molecule is COc1cc(Cl)c(C)cc1NC(=O)Nc1ccc(F)cc1F. The molecule has 0 fully saturated rings. The first kappa shape index (κ1) is 16.0. The number of methoxy groups -OCH3 is 1. The molecule has 2 amide bonds. The molecule has 2 aromatic rings. The summed E-state index contributed by atoms with van der Waals surface area (Å²) in [4.78, 5) is 11.9. The lowest BCUT2D eigenvalue weighted by Gasteiger charge is -2.13. The van der Waals surface area contributed by atoms with Gasteiger partial charge in [0, 0.05) is 17.2 Å². The van der Waals surface area contributed by atoms with Crippen molar-refractivity contribution in [3.63, 3.8) is 0 Å². The first-order valence-corrected chi connectivity index (χ1v) is 6.65. The Hall–Kier alpha value is -2.34. The summed E-state index contributed by atoms with van der Waals surface area (Å²) in [5.74, 6) is -1.22. The summed E-state index contributed by atoms with van der Waals surface area (Å²) in [5, 5.41) is 5.31. The van der Waals surface area contributed by atoms with Crippen LogP contribution in [0.2, 0.25) is 5.02 Å². The molecule has 4 nitrogen and oxygen atoms in total. The van der Waals surface area contributed by atoms with Crippen molar-refractivity contribution in [3.05, 3.63) is 52.6 Å². The van der Waals surface area contributed by atoms with Gasteiger partial charge in [-0.1, -0.05) is 11.6 Å². The van der Waals surface area contributed by atoms with Crippen LogP contribution in [0, 0.1) is 18.6 Å². The van der Waals surface area contributed by atoms with Crippen LogP contribution in [-0.2, 0) is 0 Å². The number of halogens is 3. The molecule has 2 aromatic carbocycles. The summed E-state index contributed by atoms with van der Waals surface area (Å²) in [7, 11) is 1.43. The molecule has 0 heterocycles. The van der Waals surface area contributed by atoms with Crippen LogP contribution in [0.25, 0.3) is 0 Å². The standard InChI is InChI=1S/C15H13ClF2N2O2/c1-8-5-13(14(22-2)7-10(8)16)20-15(21)19-12-4-3-9(17)6-11(12)18/h3-7H,1-2H3,(H2,19,20,21). The monoisotopic (exact) mass is 326 g/mol. The molecule has 0 aliphatic heterocycles. The Kier molecular flexibility index (Phi) is 4.82. The number of ether oxygens (including phenoxy) is 1. The van der Waals surface area contributed by atoms with Crippen molar-refractivity contribution in [3.8, 4) is 5.75 Å². The Labute approximate surface area is 131 Å². The van der Waals surface area contributed by atoms with Gasteiger partial charge in [0.1, 0.15) is 17.4 Å². The van der Waals surface area contributed by atoms with Gasteiger partial charge in [0.25, 0.3) is 0 Å². The lowest BCUT2D eigenvalue weighted by atomic mass is 10.2. The van der Waals surface area contributed by atoms with E-state index in [4.69, 9.17) is 16.3 Å². The number of aryl methyl sites for hydroxylation is 1. The van der Waals surface area contributed by atoms with Crippen LogP contribution in [0.1, 0.15) is 5.56 Å². The second kappa shape index (κ2) is 6.62. The van der Waals surface area contributed by atoms with Gasteiger partial charge >= 0.3 is 6.03 Å². The minimum atomic E-state index is -0.866. The smallest absolute Gasteiger partial charge is 0.323 e. The lowest BCUT2D eigenvalue weighted by Crippen LogP contribution is -2.20. The van der Waals surface area contributed by atoms with E-state index in [0.29, 0.717) is 22.5 Å². The highest BCUT2D eigenvalue weighted by Crippen LogP contribution is 2.31. The topological polar surface area (TPSA) is 50.4 Å². The maximum Gasteiger partial charge on any atom is 0.323 e. The fourth-order valence-corrected chi connectivity index (χ4v) is 1.95. The van der Waals surface area contributed by atoms with Gasteiger partial charge in [-0.3, -0.25) is 0 Å². The van der Waals surface area contributed by atoms with Crippen molar-refractivity contribution in [1.82, 2.24) is 0 Å². The molecule has 2 N–H and O–H groups in total. The van der Waals surface area contributed by atoms with E-state index in [0.717, 1.165) is 17.7 Å². The Morgan fingerprint density at radius 2 is 1.82 bits per heavy atom. The van der Waals surface area contributed by atoms with Gasteiger partial charge in [-0.15, -0.1) is 0 Å². The number of carbonyl (C=O) groups is 1. The van der Waals surface area contributed by atoms with Gasteiger partial charge in [0.05, 0.1) is 18.5 Å². The van der Waals surface area contributed by atoms with Crippen LogP contribution >= 0.6 is 11.6 Å². The molecule has 0 spiro atoms. The number of nitrogens with one attached hydrogen (secondary N) is 2. The van der Waals surface area contributed by atoms with E-state index >= 15 is 0 Å². The van der Waals surface area contributed by atoms with Crippen LogP contribution in [0.5, 0.6) is 5.75 Å². The second-order valence-electron chi connectivity index (χ2n) is 4.50. The first-order valence-electron chi connectivity index (χ1n) is 6.28. The number of carbonyl (C=O) groups excluding carboxylic acids is 1. The first-order chi connectivity index (χ1) is 10.4. The molecule has 2 rings (SSSR count). The second-order valence-corrected chi connectivity index (χ2v) is 4.91. The maximum atomic E-state index is 13.5. The predicted molar refractivity (Wildman–Crippen MR) is 81.7 cm³/mol. The van der Waals surface area contributed by atoms with Crippen LogP contribution in [0.15, 0.2) is 30.3 Å². The van der Waals surface area contributed by atoms with Crippen molar-refractivity contribution in [2.24, 2.45) is 0 Å². The minimum Gasteiger partial charge on any atom is -0.495 e. The molecule has 0 radical (unpaired) electrons. The van der Waals surface area contributed by atoms with Gasteiger partial charge < -0.3 is 15.4 Å². The van der Waals surface area contributed by atoms with Crippen molar-refractivity contribution in [2.45, 2.75) is 6.92 Å². The lowest BCUT2D eigenvalue weighted by molar-refractivity contribution is 0.262. The quantitative estimate of drug-likeness (QED) is 0.867. The van der Waals surface area contributed by atoms with E-state index in [9.17, 15) is 13.6 Å². The number of hydrogen-bond acceptors (Lipinski definition) is 2. The number of rotatable bonds is 3. The van der Waals surface area contributed by atoms with E-state index in [1.165, 1.54) is 7.11 Å². The van der Waals surface area contributed by atoms with Gasteiger partial charge in [0.15, 0.2) is 0 Å². The molecule has 0 atom stereocenters. The third-order valence-corrected chi connectivity index (χ3v) is 3.32. The maximum absolute atomic E-state index is 13.5. The molecular weight excluding hydrogens is 314 g/mol. The largest absolute Gasteiger partial charge is 0.495 e. The third-order valence-electron chi connectivity index (χ3n) is 2.91. The number of urea groups is 1. The molecule has 0 bridgehead atoms. The minimum absolute atomic E-state index is 0.136. The van der Waals surface area contributed by atoms with E-state index < -0.39 is 17.7 Å².